The second-order valence-corrected chi connectivity index (χ2v) is 8.61. The highest BCUT2D eigenvalue weighted by molar-refractivity contribution is 5.84. The zero-order chi connectivity index (χ0) is 21.4. The van der Waals surface area contributed by atoms with Gasteiger partial charge in [-0.05, 0) is 76.4 Å². The van der Waals surface area contributed by atoms with Gasteiger partial charge < -0.3 is 0 Å². The molecule has 4 aromatic rings. The lowest BCUT2D eigenvalue weighted by atomic mass is 9.93. The van der Waals surface area contributed by atoms with Crippen LogP contribution < -0.4 is 0 Å². The van der Waals surface area contributed by atoms with Crippen molar-refractivity contribution in [2.75, 3.05) is 0 Å². The van der Waals surface area contributed by atoms with Crippen molar-refractivity contribution in [2.45, 2.75) is 41.5 Å². The number of rotatable bonds is 3. The molecular weight excluding hydrogens is 362 g/mol. The third-order valence-electron chi connectivity index (χ3n) is 5.66. The summed E-state index contributed by atoms with van der Waals surface area (Å²) in [5.41, 5.74) is 14.5. The Balaban J connectivity index is 2.01. The lowest BCUT2D eigenvalue weighted by Crippen LogP contribution is -1.97. The van der Waals surface area contributed by atoms with Crippen molar-refractivity contribution in [3.8, 4) is 33.6 Å². The van der Waals surface area contributed by atoms with Gasteiger partial charge in [-0.25, -0.2) is 4.98 Å². The standard InChI is InChI=1S/C29H29N/c1-18-12-19(2)15-24(14-18)26-10-11-27(28-22(5)8-7-9-23(28)6)30-29(26)25-16-20(3)13-21(4)17-25/h7-17H,1-6H3. The third-order valence-corrected chi connectivity index (χ3v) is 5.66. The lowest BCUT2D eigenvalue weighted by molar-refractivity contribution is 1.27. The van der Waals surface area contributed by atoms with Crippen molar-refractivity contribution in [1.82, 2.24) is 4.98 Å². The van der Waals surface area contributed by atoms with Crippen molar-refractivity contribution in [3.05, 3.63) is 100 Å². The monoisotopic (exact) mass is 391 g/mol. The third kappa shape index (κ3) is 3.93. The first-order valence-corrected chi connectivity index (χ1v) is 10.6. The summed E-state index contributed by atoms with van der Waals surface area (Å²) >= 11 is 0. The first-order valence-electron chi connectivity index (χ1n) is 10.6. The Morgan fingerprint density at radius 3 is 1.57 bits per heavy atom. The molecule has 0 atom stereocenters. The molecule has 0 aliphatic heterocycles. The van der Waals surface area contributed by atoms with Gasteiger partial charge >= 0.3 is 0 Å². The van der Waals surface area contributed by atoms with Crippen LogP contribution in [0.5, 0.6) is 0 Å². The lowest BCUT2D eigenvalue weighted by Gasteiger charge is -2.16. The molecule has 0 N–H and O–H groups in total. The van der Waals surface area contributed by atoms with E-state index in [1.54, 1.807) is 0 Å². The minimum atomic E-state index is 1.04. The molecule has 1 nitrogen and oxygen atoms in total. The van der Waals surface area contributed by atoms with E-state index in [1.807, 2.05) is 0 Å². The number of benzene rings is 3. The molecule has 0 saturated carbocycles. The molecule has 0 amide bonds. The molecule has 30 heavy (non-hydrogen) atoms. The zero-order valence-corrected chi connectivity index (χ0v) is 18.8. The van der Waals surface area contributed by atoms with E-state index in [1.165, 1.54) is 55.6 Å². The maximum absolute atomic E-state index is 5.25. The van der Waals surface area contributed by atoms with Crippen LogP contribution in [-0.2, 0) is 0 Å². The van der Waals surface area contributed by atoms with Crippen molar-refractivity contribution in [3.63, 3.8) is 0 Å². The zero-order valence-electron chi connectivity index (χ0n) is 18.8. The van der Waals surface area contributed by atoms with Crippen LogP contribution in [0.3, 0.4) is 0 Å². The van der Waals surface area contributed by atoms with Gasteiger partial charge in [-0.3, -0.25) is 0 Å². The number of aromatic nitrogens is 1. The second-order valence-electron chi connectivity index (χ2n) is 8.61. The molecule has 0 spiro atoms. The van der Waals surface area contributed by atoms with E-state index in [2.05, 4.69) is 108 Å². The summed E-state index contributed by atoms with van der Waals surface area (Å²) in [7, 11) is 0. The molecule has 0 aliphatic rings. The summed E-state index contributed by atoms with van der Waals surface area (Å²) < 4.78 is 0. The summed E-state index contributed by atoms with van der Waals surface area (Å²) in [5.74, 6) is 0. The van der Waals surface area contributed by atoms with E-state index in [9.17, 15) is 0 Å². The molecule has 0 radical (unpaired) electrons. The summed E-state index contributed by atoms with van der Waals surface area (Å²) in [6.45, 7) is 13.0. The van der Waals surface area contributed by atoms with Crippen LogP contribution in [-0.4, -0.2) is 4.98 Å². The molecule has 1 heteroatoms. The van der Waals surface area contributed by atoms with Crippen LogP contribution in [0.15, 0.2) is 66.7 Å². The van der Waals surface area contributed by atoms with Crippen LogP contribution in [0.1, 0.15) is 33.4 Å². The average molecular weight is 392 g/mol. The summed E-state index contributed by atoms with van der Waals surface area (Å²) in [5, 5.41) is 0. The van der Waals surface area contributed by atoms with Crippen LogP contribution in [0.2, 0.25) is 0 Å². The fourth-order valence-electron chi connectivity index (χ4n) is 4.51. The van der Waals surface area contributed by atoms with Crippen molar-refractivity contribution < 1.29 is 0 Å². The second kappa shape index (κ2) is 7.91. The molecule has 0 aliphatic carbocycles. The molecule has 0 fully saturated rings. The average Bonchev–Trinajstić information content (AvgIpc) is 2.66. The summed E-state index contributed by atoms with van der Waals surface area (Å²) in [6.07, 6.45) is 0. The Morgan fingerprint density at radius 2 is 1.03 bits per heavy atom. The largest absolute Gasteiger partial charge is 0.247 e. The van der Waals surface area contributed by atoms with Crippen LogP contribution in [0.25, 0.3) is 33.6 Å². The van der Waals surface area contributed by atoms with Crippen LogP contribution in [0.4, 0.5) is 0 Å². The SMILES string of the molecule is Cc1cc(C)cc(-c2ccc(-c3c(C)cccc3C)nc2-c2cc(C)cc(C)c2)c1. The van der Waals surface area contributed by atoms with Gasteiger partial charge in [0.2, 0.25) is 0 Å². The predicted octanol–water partition coefficient (Wildman–Crippen LogP) is 7.93. The Hall–Kier alpha value is -3.19. The van der Waals surface area contributed by atoms with E-state index >= 15 is 0 Å². The fraction of sp³-hybridized carbons (Fsp3) is 0.207. The molecular formula is C29H29N. The fourth-order valence-corrected chi connectivity index (χ4v) is 4.51. The van der Waals surface area contributed by atoms with Crippen LogP contribution >= 0.6 is 0 Å². The smallest absolute Gasteiger partial charge is 0.0788 e. The Morgan fingerprint density at radius 1 is 0.533 bits per heavy atom. The van der Waals surface area contributed by atoms with E-state index in [4.69, 9.17) is 4.98 Å². The molecule has 1 aromatic heterocycles. The van der Waals surface area contributed by atoms with Gasteiger partial charge in [-0.15, -0.1) is 0 Å². The van der Waals surface area contributed by atoms with Crippen LogP contribution in [0, 0.1) is 41.5 Å². The van der Waals surface area contributed by atoms with E-state index < -0.39 is 0 Å². The van der Waals surface area contributed by atoms with E-state index in [0.29, 0.717) is 0 Å². The predicted molar refractivity (Wildman–Crippen MR) is 129 cm³/mol. The number of hydrogen-bond donors (Lipinski definition) is 0. The van der Waals surface area contributed by atoms with Crippen molar-refractivity contribution in [2.24, 2.45) is 0 Å². The molecule has 1 heterocycles. The molecule has 150 valence electrons. The van der Waals surface area contributed by atoms with Gasteiger partial charge in [0.25, 0.3) is 0 Å². The maximum atomic E-state index is 5.25. The Kier molecular flexibility index (Phi) is 5.30. The van der Waals surface area contributed by atoms with Gasteiger partial charge in [0, 0.05) is 16.7 Å². The molecule has 0 bridgehead atoms. The molecule has 3 aromatic carbocycles. The van der Waals surface area contributed by atoms with Gasteiger partial charge in [0.1, 0.15) is 0 Å². The number of nitrogens with zero attached hydrogens (tertiary/aromatic N) is 1. The van der Waals surface area contributed by atoms with Gasteiger partial charge in [0.05, 0.1) is 11.4 Å². The summed E-state index contributed by atoms with van der Waals surface area (Å²) in [6, 6.07) is 24.3. The highest BCUT2D eigenvalue weighted by atomic mass is 14.7. The van der Waals surface area contributed by atoms with Gasteiger partial charge in [0.15, 0.2) is 0 Å². The van der Waals surface area contributed by atoms with Gasteiger partial charge in [-0.1, -0.05) is 70.8 Å². The topological polar surface area (TPSA) is 12.9 Å². The maximum Gasteiger partial charge on any atom is 0.0788 e. The molecule has 0 saturated heterocycles. The highest BCUT2D eigenvalue weighted by Gasteiger charge is 2.15. The first kappa shape index (κ1) is 20.1. The number of pyridine rings is 1. The minimum Gasteiger partial charge on any atom is -0.247 e. The Bertz CT molecular complexity index is 1190. The molecule has 0 unspecified atom stereocenters. The minimum absolute atomic E-state index is 1.04. The Labute approximate surface area is 180 Å². The normalized spacial score (nSPS) is 11.0. The quantitative estimate of drug-likeness (QED) is 0.345. The highest BCUT2D eigenvalue weighted by Crippen LogP contribution is 2.36. The van der Waals surface area contributed by atoms with E-state index in [-0.39, 0.29) is 0 Å². The molecule has 4 rings (SSSR count). The van der Waals surface area contributed by atoms with Crippen molar-refractivity contribution >= 4 is 0 Å². The summed E-state index contributed by atoms with van der Waals surface area (Å²) in [4.78, 5) is 5.25. The van der Waals surface area contributed by atoms with Gasteiger partial charge in [-0.2, -0.15) is 0 Å². The van der Waals surface area contributed by atoms with Crippen molar-refractivity contribution in [1.29, 1.82) is 0 Å². The number of hydrogen-bond acceptors (Lipinski definition) is 1. The van der Waals surface area contributed by atoms with E-state index in [0.717, 1.165) is 11.4 Å². The number of aryl methyl sites for hydroxylation is 6. The first-order chi connectivity index (χ1) is 14.3.